The molecule has 3 heteroatoms. The molecule has 4 aromatic rings. The zero-order chi connectivity index (χ0) is 20.8. The second-order valence-electron chi connectivity index (χ2n) is 7.63. The van der Waals surface area contributed by atoms with Crippen LogP contribution in [-0.2, 0) is 12.8 Å². The molecule has 0 amide bonds. The summed E-state index contributed by atoms with van der Waals surface area (Å²) in [6.45, 7) is 2.22. The molecule has 1 aromatic heterocycles. The minimum atomic E-state index is -0.126. The van der Waals surface area contributed by atoms with Gasteiger partial charge in [-0.15, -0.1) is 0 Å². The molecule has 3 nitrogen and oxygen atoms in total. The highest BCUT2D eigenvalue weighted by Crippen LogP contribution is 2.22. The van der Waals surface area contributed by atoms with Crippen molar-refractivity contribution in [3.05, 3.63) is 112 Å². The molecule has 30 heavy (non-hydrogen) atoms. The van der Waals surface area contributed by atoms with Gasteiger partial charge < -0.3 is 4.98 Å². The number of aromatic nitrogens is 2. The van der Waals surface area contributed by atoms with E-state index in [1.807, 2.05) is 30.3 Å². The van der Waals surface area contributed by atoms with E-state index in [-0.39, 0.29) is 5.56 Å². The minimum Gasteiger partial charge on any atom is -0.307 e. The Morgan fingerprint density at radius 3 is 2.03 bits per heavy atom. The maximum atomic E-state index is 12.1. The summed E-state index contributed by atoms with van der Waals surface area (Å²) in [4.78, 5) is 19.6. The molecule has 0 unspecified atom stereocenters. The fourth-order valence-corrected chi connectivity index (χ4v) is 3.60. The van der Waals surface area contributed by atoms with Crippen LogP contribution in [0.2, 0.25) is 0 Å². The molecule has 0 aliphatic rings. The Kier molecular flexibility index (Phi) is 6.19. The van der Waals surface area contributed by atoms with Crippen LogP contribution >= 0.6 is 0 Å². The van der Waals surface area contributed by atoms with Gasteiger partial charge in [0.1, 0.15) is 5.82 Å². The molecule has 0 spiro atoms. The molecule has 0 fully saturated rings. The molecular formula is C27H26N2O. The van der Waals surface area contributed by atoms with Gasteiger partial charge in [-0.2, -0.15) is 0 Å². The standard InChI is InChI=1S/C27H26N2O/c1-2-3-7-20-10-14-22(15-11-20)23-16-12-21(13-17-23)18-25-19-26(30)29-27(28-25)24-8-5-4-6-9-24/h4-6,8-17,19H,2-3,7,18H2,1H3,(H,28,29,30). The van der Waals surface area contributed by atoms with Gasteiger partial charge in [-0.05, 0) is 35.1 Å². The van der Waals surface area contributed by atoms with E-state index < -0.39 is 0 Å². The lowest BCUT2D eigenvalue weighted by Crippen LogP contribution is -2.10. The van der Waals surface area contributed by atoms with Crippen LogP contribution in [0.1, 0.15) is 36.6 Å². The van der Waals surface area contributed by atoms with Gasteiger partial charge in [-0.1, -0.05) is 92.2 Å². The zero-order valence-electron chi connectivity index (χ0n) is 17.3. The van der Waals surface area contributed by atoms with Crippen LogP contribution in [0.15, 0.2) is 89.7 Å². The number of nitrogens with zero attached hydrogens (tertiary/aromatic N) is 1. The lowest BCUT2D eigenvalue weighted by Gasteiger charge is -2.07. The molecule has 0 saturated carbocycles. The summed E-state index contributed by atoms with van der Waals surface area (Å²) < 4.78 is 0. The summed E-state index contributed by atoms with van der Waals surface area (Å²) >= 11 is 0. The fraction of sp³-hybridized carbons (Fsp3) is 0.185. The summed E-state index contributed by atoms with van der Waals surface area (Å²) in [6, 6.07) is 28.7. The van der Waals surface area contributed by atoms with Crippen molar-refractivity contribution in [3.63, 3.8) is 0 Å². The van der Waals surface area contributed by atoms with Crippen molar-refractivity contribution in [2.24, 2.45) is 0 Å². The third kappa shape index (κ3) is 4.93. The number of rotatable bonds is 7. The topological polar surface area (TPSA) is 45.8 Å². The first-order valence-corrected chi connectivity index (χ1v) is 10.5. The maximum absolute atomic E-state index is 12.1. The predicted molar refractivity (Wildman–Crippen MR) is 124 cm³/mol. The number of benzene rings is 3. The quantitative estimate of drug-likeness (QED) is 0.415. The third-order valence-corrected chi connectivity index (χ3v) is 5.29. The molecule has 0 aliphatic carbocycles. The van der Waals surface area contributed by atoms with Crippen LogP contribution in [0.3, 0.4) is 0 Å². The van der Waals surface area contributed by atoms with E-state index in [9.17, 15) is 4.79 Å². The highest BCUT2D eigenvalue weighted by atomic mass is 16.1. The van der Waals surface area contributed by atoms with Crippen LogP contribution in [-0.4, -0.2) is 9.97 Å². The van der Waals surface area contributed by atoms with E-state index in [0.29, 0.717) is 12.2 Å². The van der Waals surface area contributed by atoms with Crippen LogP contribution in [0.25, 0.3) is 22.5 Å². The molecular weight excluding hydrogens is 368 g/mol. The largest absolute Gasteiger partial charge is 0.307 e. The SMILES string of the molecule is CCCCc1ccc(-c2ccc(Cc3cc(=O)[nH]c(-c4ccccc4)n3)cc2)cc1. The Bertz CT molecular complexity index is 1140. The summed E-state index contributed by atoms with van der Waals surface area (Å²) in [5, 5.41) is 0. The Labute approximate surface area is 177 Å². The third-order valence-electron chi connectivity index (χ3n) is 5.29. The number of nitrogens with one attached hydrogen (secondary N) is 1. The van der Waals surface area contributed by atoms with Gasteiger partial charge in [-0.3, -0.25) is 4.79 Å². The molecule has 0 saturated heterocycles. The Hall–Kier alpha value is -3.46. The van der Waals surface area contributed by atoms with Crippen molar-refractivity contribution < 1.29 is 0 Å². The van der Waals surface area contributed by atoms with Crippen LogP contribution in [0.5, 0.6) is 0 Å². The van der Waals surface area contributed by atoms with Crippen molar-refractivity contribution in [1.29, 1.82) is 0 Å². The molecule has 0 radical (unpaired) electrons. The van der Waals surface area contributed by atoms with E-state index in [0.717, 1.165) is 23.2 Å². The number of hydrogen-bond acceptors (Lipinski definition) is 2. The van der Waals surface area contributed by atoms with Gasteiger partial charge in [0.05, 0.1) is 5.69 Å². The van der Waals surface area contributed by atoms with Crippen molar-refractivity contribution in [2.45, 2.75) is 32.6 Å². The van der Waals surface area contributed by atoms with E-state index in [4.69, 9.17) is 0 Å². The average Bonchev–Trinajstić information content (AvgIpc) is 2.79. The molecule has 0 bridgehead atoms. The summed E-state index contributed by atoms with van der Waals surface area (Å²) in [5.74, 6) is 0.609. The van der Waals surface area contributed by atoms with Crippen LogP contribution < -0.4 is 5.56 Å². The molecule has 150 valence electrons. The number of hydrogen-bond donors (Lipinski definition) is 1. The molecule has 1 N–H and O–H groups in total. The number of aryl methyl sites for hydroxylation is 1. The van der Waals surface area contributed by atoms with Gasteiger partial charge in [-0.25, -0.2) is 4.98 Å². The van der Waals surface area contributed by atoms with Crippen LogP contribution in [0, 0.1) is 0 Å². The van der Waals surface area contributed by atoms with Crippen molar-refractivity contribution >= 4 is 0 Å². The molecule has 4 rings (SSSR count). The van der Waals surface area contributed by atoms with Crippen molar-refractivity contribution in [1.82, 2.24) is 9.97 Å². The lowest BCUT2D eigenvalue weighted by atomic mass is 10.00. The van der Waals surface area contributed by atoms with Gasteiger partial charge in [0.25, 0.3) is 5.56 Å². The number of H-pyrrole nitrogens is 1. The van der Waals surface area contributed by atoms with E-state index >= 15 is 0 Å². The Morgan fingerprint density at radius 1 is 0.767 bits per heavy atom. The molecule has 3 aromatic carbocycles. The van der Waals surface area contributed by atoms with Crippen LogP contribution in [0.4, 0.5) is 0 Å². The maximum Gasteiger partial charge on any atom is 0.251 e. The summed E-state index contributed by atoms with van der Waals surface area (Å²) in [7, 11) is 0. The molecule has 1 heterocycles. The van der Waals surface area contributed by atoms with Gasteiger partial charge in [0.15, 0.2) is 0 Å². The first-order valence-electron chi connectivity index (χ1n) is 10.5. The number of aromatic amines is 1. The summed E-state index contributed by atoms with van der Waals surface area (Å²) in [6.07, 6.45) is 4.22. The van der Waals surface area contributed by atoms with Gasteiger partial charge in [0, 0.05) is 18.1 Å². The average molecular weight is 395 g/mol. The first kappa shape index (κ1) is 19.8. The second-order valence-corrected chi connectivity index (χ2v) is 7.63. The minimum absolute atomic E-state index is 0.126. The summed E-state index contributed by atoms with van der Waals surface area (Å²) in [5.41, 5.74) is 6.51. The molecule has 0 atom stereocenters. The van der Waals surface area contributed by atoms with E-state index in [1.165, 1.54) is 29.5 Å². The van der Waals surface area contributed by atoms with Crippen molar-refractivity contribution in [3.8, 4) is 22.5 Å². The van der Waals surface area contributed by atoms with Crippen molar-refractivity contribution in [2.75, 3.05) is 0 Å². The highest BCUT2D eigenvalue weighted by Gasteiger charge is 2.06. The number of unbranched alkanes of at least 4 members (excludes halogenated alkanes) is 1. The van der Waals surface area contributed by atoms with Gasteiger partial charge >= 0.3 is 0 Å². The van der Waals surface area contributed by atoms with Gasteiger partial charge in [0.2, 0.25) is 0 Å². The second kappa shape index (κ2) is 9.36. The van der Waals surface area contributed by atoms with E-state index in [1.54, 1.807) is 6.07 Å². The normalized spacial score (nSPS) is 10.8. The monoisotopic (exact) mass is 394 g/mol. The fourth-order valence-electron chi connectivity index (χ4n) is 3.60. The Morgan fingerprint density at radius 2 is 1.40 bits per heavy atom. The van der Waals surface area contributed by atoms with E-state index in [2.05, 4.69) is 65.4 Å². The predicted octanol–water partition coefficient (Wildman–Crippen LogP) is 6.04. The highest BCUT2D eigenvalue weighted by molar-refractivity contribution is 5.64. The molecule has 0 aliphatic heterocycles. The first-order chi connectivity index (χ1) is 14.7. The smallest absolute Gasteiger partial charge is 0.251 e. The zero-order valence-corrected chi connectivity index (χ0v) is 17.3. The Balaban J connectivity index is 1.50. The lowest BCUT2D eigenvalue weighted by molar-refractivity contribution is 0.795.